The molecule has 0 atom stereocenters. The van der Waals surface area contributed by atoms with E-state index in [-0.39, 0.29) is 0 Å². The van der Waals surface area contributed by atoms with Crippen LogP contribution in [0, 0.1) is 6.61 Å². The number of rotatable bonds is 4. The molecule has 0 aromatic carbocycles. The molecule has 0 unspecified atom stereocenters. The minimum absolute atomic E-state index is 0.607. The summed E-state index contributed by atoms with van der Waals surface area (Å²) in [6.07, 6.45) is 2.01. The van der Waals surface area contributed by atoms with Crippen LogP contribution in [0.3, 0.4) is 0 Å². The van der Waals surface area contributed by atoms with Crippen LogP contribution in [0.5, 0.6) is 0 Å². The van der Waals surface area contributed by atoms with E-state index in [9.17, 15) is 0 Å². The largest absolute Gasteiger partial charge is 0.375 e. The Balaban J connectivity index is 2.15. The molecule has 1 radical (unpaired) electrons. The molecule has 4 heteroatoms. The molecular formula is C6H9N2O2. The fourth-order valence-electron chi connectivity index (χ4n) is 0.571. The third kappa shape index (κ3) is 2.14. The predicted molar refractivity (Wildman–Crippen MR) is 33.9 cm³/mol. The van der Waals surface area contributed by atoms with Crippen molar-refractivity contribution in [3.05, 3.63) is 18.8 Å². The number of hydrogen-bond acceptors (Lipinski definition) is 4. The summed E-state index contributed by atoms with van der Waals surface area (Å²) < 4.78 is 9.48. The van der Waals surface area contributed by atoms with Crippen molar-refractivity contribution in [2.45, 2.75) is 13.3 Å². The Hall–Kier alpha value is -0.900. The summed E-state index contributed by atoms with van der Waals surface area (Å²) in [6.45, 7) is 4.08. The summed E-state index contributed by atoms with van der Waals surface area (Å²) in [4.78, 5) is 3.82. The molecule has 0 spiro atoms. The minimum atomic E-state index is 0.607. The summed E-state index contributed by atoms with van der Waals surface area (Å²) in [5.41, 5.74) is 0. The van der Waals surface area contributed by atoms with E-state index in [2.05, 4.69) is 14.7 Å². The molecule has 4 nitrogen and oxygen atoms in total. The molecule has 1 heterocycles. The van der Waals surface area contributed by atoms with Crippen molar-refractivity contribution in [2.24, 2.45) is 0 Å². The Bertz CT molecular complexity index is 162. The summed E-state index contributed by atoms with van der Waals surface area (Å²) in [5.74, 6) is 0.682. The van der Waals surface area contributed by atoms with Crippen LogP contribution in [-0.2, 0) is 11.2 Å². The third-order valence-electron chi connectivity index (χ3n) is 1.02. The molecule has 1 rings (SSSR count). The van der Waals surface area contributed by atoms with Crippen LogP contribution in [0.1, 0.15) is 12.7 Å². The molecule has 0 aliphatic rings. The highest BCUT2D eigenvalue weighted by molar-refractivity contribution is 4.76. The number of aromatic nitrogens is 2. The van der Waals surface area contributed by atoms with E-state index in [0.717, 1.165) is 0 Å². The Morgan fingerprint density at radius 3 is 3.30 bits per heavy atom. The van der Waals surface area contributed by atoms with Gasteiger partial charge in [-0.15, -0.1) is 0 Å². The average Bonchev–Trinajstić information content (AvgIpc) is 2.41. The standard InChI is InChI=1S/C6H9N2O2/c1-2-9-4-3-6-7-5-10-8-6/h2,5H,3-4H2,1H3. The van der Waals surface area contributed by atoms with Crippen LogP contribution in [-0.4, -0.2) is 16.7 Å². The first-order valence-corrected chi connectivity index (χ1v) is 3.08. The van der Waals surface area contributed by atoms with Gasteiger partial charge in [0.1, 0.15) is 0 Å². The van der Waals surface area contributed by atoms with E-state index in [1.165, 1.54) is 6.39 Å². The molecule has 10 heavy (non-hydrogen) atoms. The number of hydrogen-bond donors (Lipinski definition) is 0. The van der Waals surface area contributed by atoms with E-state index >= 15 is 0 Å². The third-order valence-corrected chi connectivity index (χ3v) is 1.02. The maximum atomic E-state index is 4.96. The van der Waals surface area contributed by atoms with Gasteiger partial charge in [0, 0.05) is 6.42 Å². The maximum Gasteiger partial charge on any atom is 0.213 e. The first kappa shape index (κ1) is 7.21. The zero-order chi connectivity index (χ0) is 7.23. The molecule has 0 saturated heterocycles. The summed E-state index contributed by atoms with van der Waals surface area (Å²) in [5, 5.41) is 3.61. The molecule has 0 fully saturated rings. The summed E-state index contributed by atoms with van der Waals surface area (Å²) in [7, 11) is 0. The summed E-state index contributed by atoms with van der Waals surface area (Å²) in [6, 6.07) is 0. The second kappa shape index (κ2) is 4.00. The number of ether oxygens (including phenoxy) is 1. The van der Waals surface area contributed by atoms with Crippen LogP contribution in [0.2, 0.25) is 0 Å². The lowest BCUT2D eigenvalue weighted by Gasteiger charge is -1.93. The quantitative estimate of drug-likeness (QED) is 0.582. The first-order valence-electron chi connectivity index (χ1n) is 3.08. The Morgan fingerprint density at radius 2 is 2.70 bits per heavy atom. The van der Waals surface area contributed by atoms with Gasteiger partial charge in [-0.3, -0.25) is 0 Å². The monoisotopic (exact) mass is 141 g/mol. The highest BCUT2D eigenvalue weighted by Gasteiger charge is 1.95. The van der Waals surface area contributed by atoms with Gasteiger partial charge in [0.2, 0.25) is 6.39 Å². The molecular weight excluding hydrogens is 132 g/mol. The van der Waals surface area contributed by atoms with Gasteiger partial charge in [0.15, 0.2) is 5.82 Å². The predicted octanol–water partition coefficient (Wildman–Crippen LogP) is 0.810. The number of nitrogens with zero attached hydrogens (tertiary/aromatic N) is 2. The maximum absolute atomic E-state index is 4.96. The highest BCUT2D eigenvalue weighted by Crippen LogP contribution is 1.90. The van der Waals surface area contributed by atoms with Crippen LogP contribution >= 0.6 is 0 Å². The fourth-order valence-corrected chi connectivity index (χ4v) is 0.571. The minimum Gasteiger partial charge on any atom is -0.375 e. The lowest BCUT2D eigenvalue weighted by atomic mass is 10.4. The lowest BCUT2D eigenvalue weighted by molar-refractivity contribution is 0.205. The van der Waals surface area contributed by atoms with Crippen LogP contribution in [0.25, 0.3) is 0 Å². The Labute approximate surface area is 59.2 Å². The van der Waals surface area contributed by atoms with Crippen LogP contribution < -0.4 is 0 Å². The molecule has 1 aromatic heterocycles. The van der Waals surface area contributed by atoms with E-state index < -0.39 is 0 Å². The van der Waals surface area contributed by atoms with Gasteiger partial charge >= 0.3 is 0 Å². The van der Waals surface area contributed by atoms with Gasteiger partial charge in [-0.2, -0.15) is 4.98 Å². The van der Waals surface area contributed by atoms with Gasteiger partial charge in [-0.05, 0) is 6.92 Å². The lowest BCUT2D eigenvalue weighted by Crippen LogP contribution is -1.96. The van der Waals surface area contributed by atoms with Crippen molar-refractivity contribution >= 4 is 0 Å². The molecule has 0 aliphatic heterocycles. The summed E-state index contributed by atoms with van der Waals surface area (Å²) >= 11 is 0. The second-order valence-corrected chi connectivity index (χ2v) is 1.70. The molecule has 55 valence electrons. The van der Waals surface area contributed by atoms with Gasteiger partial charge in [-0.1, -0.05) is 5.16 Å². The first-order chi connectivity index (χ1) is 4.93. The smallest absolute Gasteiger partial charge is 0.213 e. The highest BCUT2D eigenvalue weighted by atomic mass is 16.5. The zero-order valence-corrected chi connectivity index (χ0v) is 5.78. The van der Waals surface area contributed by atoms with Crippen molar-refractivity contribution < 1.29 is 9.26 Å². The molecule has 1 aromatic rings. The van der Waals surface area contributed by atoms with Gasteiger partial charge in [0.25, 0.3) is 0 Å². The molecule has 0 amide bonds. The van der Waals surface area contributed by atoms with Crippen molar-refractivity contribution in [2.75, 3.05) is 6.61 Å². The average molecular weight is 141 g/mol. The van der Waals surface area contributed by atoms with Crippen molar-refractivity contribution in [3.8, 4) is 0 Å². The topological polar surface area (TPSA) is 48.2 Å². The normalized spacial score (nSPS) is 10.1. The van der Waals surface area contributed by atoms with E-state index in [1.807, 2.05) is 6.92 Å². The Morgan fingerprint density at radius 1 is 1.80 bits per heavy atom. The molecule has 0 saturated carbocycles. The van der Waals surface area contributed by atoms with Crippen molar-refractivity contribution in [1.82, 2.24) is 10.1 Å². The molecule has 0 bridgehead atoms. The zero-order valence-electron chi connectivity index (χ0n) is 5.78. The van der Waals surface area contributed by atoms with E-state index in [4.69, 9.17) is 4.74 Å². The van der Waals surface area contributed by atoms with Gasteiger partial charge in [-0.25, -0.2) is 0 Å². The van der Waals surface area contributed by atoms with E-state index in [0.29, 0.717) is 18.9 Å². The SMILES string of the molecule is C[CH]OCCc1ncon1. The van der Waals surface area contributed by atoms with Crippen molar-refractivity contribution in [3.63, 3.8) is 0 Å². The van der Waals surface area contributed by atoms with E-state index in [1.54, 1.807) is 6.61 Å². The second-order valence-electron chi connectivity index (χ2n) is 1.70. The van der Waals surface area contributed by atoms with Gasteiger partial charge in [0.05, 0.1) is 13.2 Å². The van der Waals surface area contributed by atoms with Crippen LogP contribution in [0.15, 0.2) is 10.9 Å². The van der Waals surface area contributed by atoms with Crippen LogP contribution in [0.4, 0.5) is 0 Å². The molecule has 0 aliphatic carbocycles. The fraction of sp³-hybridized carbons (Fsp3) is 0.500. The van der Waals surface area contributed by atoms with Crippen molar-refractivity contribution in [1.29, 1.82) is 0 Å². The molecule has 0 N–H and O–H groups in total. The van der Waals surface area contributed by atoms with Gasteiger partial charge < -0.3 is 9.26 Å². The Kier molecular flexibility index (Phi) is 2.89.